The van der Waals surface area contributed by atoms with Crippen LogP contribution in [-0.2, 0) is 4.79 Å². The van der Waals surface area contributed by atoms with Gasteiger partial charge in [0.25, 0.3) is 0 Å². The zero-order chi connectivity index (χ0) is 10.4. The summed E-state index contributed by atoms with van der Waals surface area (Å²) in [5, 5.41) is 0. The fourth-order valence-corrected chi connectivity index (χ4v) is 1.71. The van der Waals surface area contributed by atoms with Crippen molar-refractivity contribution in [3.8, 4) is 0 Å². The molecule has 1 aliphatic carbocycles. The third-order valence-electron chi connectivity index (χ3n) is 2.65. The van der Waals surface area contributed by atoms with E-state index in [-0.39, 0.29) is 5.91 Å². The number of carbonyl (C=O) groups is 1. The third kappa shape index (κ3) is 3.50. The van der Waals surface area contributed by atoms with Crippen molar-refractivity contribution in [3.05, 3.63) is 11.6 Å². The monoisotopic (exact) mass is 196 g/mol. The maximum absolute atomic E-state index is 11.6. The molecule has 0 spiro atoms. The molecule has 0 saturated heterocycles. The Morgan fingerprint density at radius 2 is 2.36 bits per heavy atom. The molecule has 3 heteroatoms. The van der Waals surface area contributed by atoms with Crippen molar-refractivity contribution >= 4 is 5.91 Å². The number of likely N-dealkylation sites (N-methyl/N-ethyl adjacent to an activating group) is 1. The minimum atomic E-state index is 0.198. The van der Waals surface area contributed by atoms with Crippen LogP contribution in [0.5, 0.6) is 0 Å². The van der Waals surface area contributed by atoms with E-state index in [2.05, 4.69) is 6.08 Å². The molecule has 1 aliphatic rings. The molecule has 2 N–H and O–H groups in total. The lowest BCUT2D eigenvalue weighted by Crippen LogP contribution is -2.31. The number of hydrogen-bond donors (Lipinski definition) is 1. The van der Waals surface area contributed by atoms with Crippen molar-refractivity contribution in [2.24, 2.45) is 5.73 Å². The van der Waals surface area contributed by atoms with Crippen molar-refractivity contribution in [2.45, 2.75) is 32.1 Å². The molecule has 0 aromatic heterocycles. The first-order chi connectivity index (χ1) is 6.74. The summed E-state index contributed by atoms with van der Waals surface area (Å²) < 4.78 is 0. The Bertz CT molecular complexity index is 223. The Kier molecular flexibility index (Phi) is 4.66. The van der Waals surface area contributed by atoms with Gasteiger partial charge in [-0.05, 0) is 25.7 Å². The summed E-state index contributed by atoms with van der Waals surface area (Å²) >= 11 is 0. The molecular formula is C11H20N2O. The van der Waals surface area contributed by atoms with Crippen LogP contribution < -0.4 is 5.73 Å². The maximum atomic E-state index is 11.6. The summed E-state index contributed by atoms with van der Waals surface area (Å²) in [6, 6.07) is 0. The summed E-state index contributed by atoms with van der Waals surface area (Å²) in [7, 11) is 1.82. The van der Waals surface area contributed by atoms with E-state index in [0.717, 1.165) is 12.8 Å². The highest BCUT2D eigenvalue weighted by Crippen LogP contribution is 2.20. The lowest BCUT2D eigenvalue weighted by Gasteiger charge is -2.18. The summed E-state index contributed by atoms with van der Waals surface area (Å²) in [5.41, 5.74) is 6.70. The Morgan fingerprint density at radius 3 is 2.93 bits per heavy atom. The van der Waals surface area contributed by atoms with Crippen molar-refractivity contribution in [1.29, 1.82) is 0 Å². The normalized spacial score (nSPS) is 16.3. The van der Waals surface area contributed by atoms with Gasteiger partial charge < -0.3 is 10.6 Å². The average Bonchev–Trinajstić information content (AvgIpc) is 2.19. The zero-order valence-corrected chi connectivity index (χ0v) is 8.96. The number of carbonyl (C=O) groups excluding carboxylic acids is 1. The predicted molar refractivity (Wildman–Crippen MR) is 57.9 cm³/mol. The summed E-state index contributed by atoms with van der Waals surface area (Å²) in [6.07, 6.45) is 7.57. The quantitative estimate of drug-likeness (QED) is 0.689. The SMILES string of the molecule is CN(CCN)C(=O)CC1=CCCCC1. The van der Waals surface area contributed by atoms with Crippen molar-refractivity contribution < 1.29 is 4.79 Å². The molecule has 0 aliphatic heterocycles. The first-order valence-corrected chi connectivity index (χ1v) is 5.36. The summed E-state index contributed by atoms with van der Waals surface area (Å²) in [6.45, 7) is 1.20. The van der Waals surface area contributed by atoms with Crippen molar-refractivity contribution in [3.63, 3.8) is 0 Å². The number of nitrogens with zero attached hydrogens (tertiary/aromatic N) is 1. The molecule has 0 fully saturated rings. The number of allylic oxidation sites excluding steroid dienone is 1. The third-order valence-corrected chi connectivity index (χ3v) is 2.65. The van der Waals surface area contributed by atoms with E-state index in [4.69, 9.17) is 5.73 Å². The Balaban J connectivity index is 2.35. The highest BCUT2D eigenvalue weighted by atomic mass is 16.2. The number of amides is 1. The van der Waals surface area contributed by atoms with Gasteiger partial charge in [-0.1, -0.05) is 11.6 Å². The first kappa shape index (κ1) is 11.2. The lowest BCUT2D eigenvalue weighted by molar-refractivity contribution is -0.129. The van der Waals surface area contributed by atoms with Gasteiger partial charge in [-0.25, -0.2) is 0 Å². The minimum absolute atomic E-state index is 0.198. The lowest BCUT2D eigenvalue weighted by atomic mass is 9.97. The van der Waals surface area contributed by atoms with E-state index in [1.54, 1.807) is 4.90 Å². The van der Waals surface area contributed by atoms with Gasteiger partial charge in [-0.3, -0.25) is 4.79 Å². The second kappa shape index (κ2) is 5.81. The summed E-state index contributed by atoms with van der Waals surface area (Å²) in [4.78, 5) is 13.3. The van der Waals surface area contributed by atoms with Crippen LogP contribution >= 0.6 is 0 Å². The van der Waals surface area contributed by atoms with Gasteiger partial charge in [0.1, 0.15) is 0 Å². The van der Waals surface area contributed by atoms with E-state index in [1.165, 1.54) is 18.4 Å². The molecule has 0 radical (unpaired) electrons. The van der Waals surface area contributed by atoms with Gasteiger partial charge in [-0.2, -0.15) is 0 Å². The number of nitrogens with two attached hydrogens (primary N) is 1. The minimum Gasteiger partial charge on any atom is -0.344 e. The Morgan fingerprint density at radius 1 is 1.57 bits per heavy atom. The number of rotatable bonds is 4. The molecule has 0 aromatic rings. The topological polar surface area (TPSA) is 46.3 Å². The average molecular weight is 196 g/mol. The Hall–Kier alpha value is -0.830. The van der Waals surface area contributed by atoms with Crippen LogP contribution in [0.3, 0.4) is 0 Å². The fourth-order valence-electron chi connectivity index (χ4n) is 1.71. The second-order valence-corrected chi connectivity index (χ2v) is 3.89. The number of hydrogen-bond acceptors (Lipinski definition) is 2. The molecule has 0 atom stereocenters. The van der Waals surface area contributed by atoms with Crippen LogP contribution in [0.4, 0.5) is 0 Å². The van der Waals surface area contributed by atoms with Crippen LogP contribution in [0.25, 0.3) is 0 Å². The van der Waals surface area contributed by atoms with Gasteiger partial charge >= 0.3 is 0 Å². The van der Waals surface area contributed by atoms with Crippen LogP contribution in [-0.4, -0.2) is 30.9 Å². The molecule has 0 aromatic carbocycles. The van der Waals surface area contributed by atoms with E-state index in [9.17, 15) is 4.79 Å². The van der Waals surface area contributed by atoms with Gasteiger partial charge in [0.05, 0.1) is 0 Å². The first-order valence-electron chi connectivity index (χ1n) is 5.36. The smallest absolute Gasteiger partial charge is 0.226 e. The van der Waals surface area contributed by atoms with Gasteiger partial charge in [0, 0.05) is 26.6 Å². The fraction of sp³-hybridized carbons (Fsp3) is 0.727. The zero-order valence-electron chi connectivity index (χ0n) is 8.96. The molecule has 1 amide bonds. The van der Waals surface area contributed by atoms with E-state index < -0.39 is 0 Å². The van der Waals surface area contributed by atoms with E-state index in [1.807, 2.05) is 7.05 Å². The highest BCUT2D eigenvalue weighted by molar-refractivity contribution is 5.78. The predicted octanol–water partition coefficient (Wildman–Crippen LogP) is 1.29. The van der Waals surface area contributed by atoms with E-state index in [0.29, 0.717) is 19.5 Å². The largest absolute Gasteiger partial charge is 0.344 e. The van der Waals surface area contributed by atoms with Gasteiger partial charge in [0.2, 0.25) is 5.91 Å². The van der Waals surface area contributed by atoms with Gasteiger partial charge in [-0.15, -0.1) is 0 Å². The molecule has 14 heavy (non-hydrogen) atoms. The molecule has 0 saturated carbocycles. The molecule has 1 rings (SSSR count). The van der Waals surface area contributed by atoms with Crippen LogP contribution in [0, 0.1) is 0 Å². The molecule has 3 nitrogen and oxygen atoms in total. The molecular weight excluding hydrogens is 176 g/mol. The maximum Gasteiger partial charge on any atom is 0.226 e. The van der Waals surface area contributed by atoms with Crippen LogP contribution in [0.1, 0.15) is 32.1 Å². The van der Waals surface area contributed by atoms with Crippen molar-refractivity contribution in [2.75, 3.05) is 20.1 Å². The van der Waals surface area contributed by atoms with Gasteiger partial charge in [0.15, 0.2) is 0 Å². The Labute approximate surface area is 86.0 Å². The molecule has 0 heterocycles. The highest BCUT2D eigenvalue weighted by Gasteiger charge is 2.11. The van der Waals surface area contributed by atoms with Crippen LogP contribution in [0.2, 0.25) is 0 Å². The standard InChI is InChI=1S/C11H20N2O/c1-13(8-7-12)11(14)9-10-5-3-2-4-6-10/h5H,2-4,6-9,12H2,1H3. The molecule has 80 valence electrons. The van der Waals surface area contributed by atoms with Crippen LogP contribution in [0.15, 0.2) is 11.6 Å². The van der Waals surface area contributed by atoms with E-state index >= 15 is 0 Å². The molecule has 0 unspecified atom stereocenters. The molecule has 0 bridgehead atoms. The van der Waals surface area contributed by atoms with Crippen molar-refractivity contribution in [1.82, 2.24) is 4.90 Å². The summed E-state index contributed by atoms with van der Waals surface area (Å²) in [5.74, 6) is 0.198. The second-order valence-electron chi connectivity index (χ2n) is 3.89.